The summed E-state index contributed by atoms with van der Waals surface area (Å²) in [6.45, 7) is 5.64. The van der Waals surface area contributed by atoms with Gasteiger partial charge in [0.05, 0.1) is 18.2 Å². The summed E-state index contributed by atoms with van der Waals surface area (Å²) >= 11 is 0. The standard InChI is InChI=1S/C19H21NO4/c1-4-20(5-2)13-10-11-16(17(21)12-13)18(22)14-8-6-7-9-15(14)19(23)24-3/h6-12,21H,4-5H2,1-3H3. The van der Waals surface area contributed by atoms with E-state index in [0.29, 0.717) is 0 Å². The van der Waals surface area contributed by atoms with Crippen molar-refractivity contribution < 1.29 is 19.4 Å². The minimum Gasteiger partial charge on any atom is -0.507 e. The lowest BCUT2D eigenvalue weighted by atomic mass is 9.97. The monoisotopic (exact) mass is 327 g/mol. The summed E-state index contributed by atoms with van der Waals surface area (Å²) in [4.78, 5) is 26.6. The number of benzene rings is 2. The molecule has 0 bridgehead atoms. The van der Waals surface area contributed by atoms with Crippen LogP contribution >= 0.6 is 0 Å². The number of nitrogens with zero attached hydrogens (tertiary/aromatic N) is 1. The van der Waals surface area contributed by atoms with Crippen molar-refractivity contribution in [1.82, 2.24) is 0 Å². The second-order valence-electron chi connectivity index (χ2n) is 5.24. The number of esters is 1. The molecule has 24 heavy (non-hydrogen) atoms. The van der Waals surface area contributed by atoms with E-state index in [1.54, 1.807) is 36.4 Å². The van der Waals surface area contributed by atoms with Crippen LogP contribution in [0.3, 0.4) is 0 Å². The predicted octanol–water partition coefficient (Wildman–Crippen LogP) is 3.26. The Hall–Kier alpha value is -2.82. The van der Waals surface area contributed by atoms with Gasteiger partial charge in [-0.05, 0) is 32.0 Å². The van der Waals surface area contributed by atoms with Crippen LogP contribution in [0.15, 0.2) is 42.5 Å². The van der Waals surface area contributed by atoms with Crippen molar-refractivity contribution in [3.05, 3.63) is 59.2 Å². The largest absolute Gasteiger partial charge is 0.507 e. The Bertz CT molecular complexity index is 751. The molecule has 2 aromatic rings. The number of phenols is 1. The van der Waals surface area contributed by atoms with Crippen LogP contribution in [0.1, 0.15) is 40.1 Å². The van der Waals surface area contributed by atoms with Crippen LogP contribution in [-0.4, -0.2) is 37.1 Å². The van der Waals surface area contributed by atoms with Crippen molar-refractivity contribution in [2.75, 3.05) is 25.1 Å². The molecule has 0 saturated heterocycles. The van der Waals surface area contributed by atoms with Gasteiger partial charge in [0.1, 0.15) is 5.75 Å². The Morgan fingerprint density at radius 2 is 1.62 bits per heavy atom. The Labute approximate surface area is 141 Å². The first-order valence-corrected chi connectivity index (χ1v) is 7.83. The Morgan fingerprint density at radius 3 is 2.17 bits per heavy atom. The van der Waals surface area contributed by atoms with Crippen LogP contribution in [0.4, 0.5) is 5.69 Å². The molecule has 0 aliphatic carbocycles. The van der Waals surface area contributed by atoms with E-state index >= 15 is 0 Å². The summed E-state index contributed by atoms with van der Waals surface area (Å²) in [5.41, 5.74) is 1.38. The second kappa shape index (κ2) is 7.64. The van der Waals surface area contributed by atoms with Gasteiger partial charge in [-0.3, -0.25) is 4.79 Å². The normalized spacial score (nSPS) is 10.3. The Morgan fingerprint density at radius 1 is 1.00 bits per heavy atom. The predicted molar refractivity (Wildman–Crippen MR) is 92.9 cm³/mol. The summed E-state index contributed by atoms with van der Waals surface area (Å²) in [5.74, 6) is -1.11. The van der Waals surface area contributed by atoms with Gasteiger partial charge in [-0.2, -0.15) is 0 Å². The fraction of sp³-hybridized carbons (Fsp3) is 0.263. The maximum atomic E-state index is 12.7. The van der Waals surface area contributed by atoms with Crippen molar-refractivity contribution in [2.24, 2.45) is 0 Å². The van der Waals surface area contributed by atoms with Crippen LogP contribution in [0, 0.1) is 0 Å². The highest BCUT2D eigenvalue weighted by Gasteiger charge is 2.21. The molecule has 0 aliphatic rings. The Balaban J connectivity index is 2.43. The molecule has 0 aliphatic heterocycles. The van der Waals surface area contributed by atoms with Crippen molar-refractivity contribution in [3.8, 4) is 5.75 Å². The second-order valence-corrected chi connectivity index (χ2v) is 5.24. The van der Waals surface area contributed by atoms with Crippen LogP contribution in [0.25, 0.3) is 0 Å². The van der Waals surface area contributed by atoms with E-state index in [4.69, 9.17) is 4.74 Å². The summed E-state index contributed by atoms with van der Waals surface area (Å²) < 4.78 is 4.71. The molecule has 0 unspecified atom stereocenters. The Kier molecular flexibility index (Phi) is 5.58. The minimum absolute atomic E-state index is 0.107. The topological polar surface area (TPSA) is 66.8 Å². The fourth-order valence-corrected chi connectivity index (χ4v) is 2.61. The van der Waals surface area contributed by atoms with E-state index < -0.39 is 11.8 Å². The zero-order valence-corrected chi connectivity index (χ0v) is 14.1. The average Bonchev–Trinajstić information content (AvgIpc) is 2.61. The molecular weight excluding hydrogens is 306 g/mol. The quantitative estimate of drug-likeness (QED) is 0.651. The van der Waals surface area contributed by atoms with Gasteiger partial charge in [0.2, 0.25) is 0 Å². The van der Waals surface area contributed by atoms with Gasteiger partial charge in [0.15, 0.2) is 5.78 Å². The molecule has 126 valence electrons. The number of ketones is 1. The molecule has 0 fully saturated rings. The van der Waals surface area contributed by atoms with Crippen LogP contribution in [-0.2, 0) is 4.74 Å². The van der Waals surface area contributed by atoms with Crippen molar-refractivity contribution in [3.63, 3.8) is 0 Å². The molecule has 0 spiro atoms. The summed E-state index contributed by atoms with van der Waals surface area (Å²) in [6.07, 6.45) is 0. The lowest BCUT2D eigenvalue weighted by molar-refractivity contribution is 0.0597. The van der Waals surface area contributed by atoms with Crippen LogP contribution < -0.4 is 4.90 Å². The maximum Gasteiger partial charge on any atom is 0.338 e. The van der Waals surface area contributed by atoms with Crippen LogP contribution in [0.5, 0.6) is 5.75 Å². The lowest BCUT2D eigenvalue weighted by Crippen LogP contribution is -2.21. The highest BCUT2D eigenvalue weighted by Crippen LogP contribution is 2.27. The number of ether oxygens (including phenoxy) is 1. The first kappa shape index (κ1) is 17.5. The molecule has 5 heteroatoms. The number of aromatic hydroxyl groups is 1. The number of anilines is 1. The fourth-order valence-electron chi connectivity index (χ4n) is 2.61. The van der Waals surface area contributed by atoms with E-state index in [1.165, 1.54) is 13.2 Å². The van der Waals surface area contributed by atoms with E-state index in [9.17, 15) is 14.7 Å². The third-order valence-corrected chi connectivity index (χ3v) is 3.93. The van der Waals surface area contributed by atoms with Gasteiger partial charge in [-0.15, -0.1) is 0 Å². The molecule has 0 heterocycles. The average molecular weight is 327 g/mol. The molecule has 2 rings (SSSR count). The van der Waals surface area contributed by atoms with Gasteiger partial charge < -0.3 is 14.7 Å². The first-order valence-electron chi connectivity index (χ1n) is 7.83. The SMILES string of the molecule is CCN(CC)c1ccc(C(=O)c2ccccc2C(=O)OC)c(O)c1. The van der Waals surface area contributed by atoms with Crippen molar-refractivity contribution in [1.29, 1.82) is 0 Å². The third-order valence-electron chi connectivity index (χ3n) is 3.93. The van der Waals surface area contributed by atoms with E-state index in [-0.39, 0.29) is 22.4 Å². The van der Waals surface area contributed by atoms with Crippen molar-refractivity contribution >= 4 is 17.4 Å². The summed E-state index contributed by atoms with van der Waals surface area (Å²) in [5, 5.41) is 10.3. The zero-order chi connectivity index (χ0) is 17.7. The van der Waals surface area contributed by atoms with Gasteiger partial charge >= 0.3 is 5.97 Å². The van der Waals surface area contributed by atoms with Gasteiger partial charge in [0, 0.05) is 30.4 Å². The van der Waals surface area contributed by atoms with Gasteiger partial charge in [-0.1, -0.05) is 18.2 Å². The number of hydrogen-bond acceptors (Lipinski definition) is 5. The van der Waals surface area contributed by atoms with Crippen molar-refractivity contribution in [2.45, 2.75) is 13.8 Å². The van der Waals surface area contributed by atoms with E-state index in [0.717, 1.165) is 18.8 Å². The van der Waals surface area contributed by atoms with Gasteiger partial charge in [-0.25, -0.2) is 4.79 Å². The molecule has 5 nitrogen and oxygen atoms in total. The summed E-state index contributed by atoms with van der Waals surface area (Å²) in [7, 11) is 1.26. The number of rotatable bonds is 6. The van der Waals surface area contributed by atoms with Gasteiger partial charge in [0.25, 0.3) is 0 Å². The van der Waals surface area contributed by atoms with E-state index in [1.807, 2.05) is 13.8 Å². The molecule has 0 aromatic heterocycles. The molecule has 2 aromatic carbocycles. The number of carbonyl (C=O) groups excluding carboxylic acids is 2. The molecule has 1 N–H and O–H groups in total. The molecular formula is C19H21NO4. The number of hydrogen-bond donors (Lipinski definition) is 1. The first-order chi connectivity index (χ1) is 11.5. The zero-order valence-electron chi connectivity index (χ0n) is 14.1. The number of phenolic OH excluding ortho intramolecular Hbond substituents is 1. The minimum atomic E-state index is -0.585. The van der Waals surface area contributed by atoms with Crippen LogP contribution in [0.2, 0.25) is 0 Å². The van der Waals surface area contributed by atoms with E-state index in [2.05, 4.69) is 4.90 Å². The molecule has 0 saturated carbocycles. The number of methoxy groups -OCH3 is 1. The highest BCUT2D eigenvalue weighted by molar-refractivity contribution is 6.15. The molecule has 0 atom stereocenters. The molecule has 0 radical (unpaired) electrons. The molecule has 0 amide bonds. The summed E-state index contributed by atoms with van der Waals surface area (Å²) in [6, 6.07) is 11.3. The third kappa shape index (κ3) is 3.40. The highest BCUT2D eigenvalue weighted by atomic mass is 16.5. The smallest absolute Gasteiger partial charge is 0.338 e. The lowest BCUT2D eigenvalue weighted by Gasteiger charge is -2.21. The maximum absolute atomic E-state index is 12.7. The number of carbonyl (C=O) groups is 2.